The van der Waals surface area contributed by atoms with E-state index in [1.54, 1.807) is 60.7 Å². The van der Waals surface area contributed by atoms with E-state index in [0.29, 0.717) is 41.6 Å². The zero-order chi connectivity index (χ0) is 27.2. The van der Waals surface area contributed by atoms with Gasteiger partial charge >= 0.3 is 0 Å². The molecule has 0 spiro atoms. The smallest absolute Gasteiger partial charge is 0.296 e. The van der Waals surface area contributed by atoms with Crippen molar-refractivity contribution in [2.24, 2.45) is 0 Å². The Morgan fingerprint density at radius 3 is 2.41 bits per heavy atom. The molecule has 1 N–H and O–H groups in total. The fourth-order valence-corrected chi connectivity index (χ4v) is 4.56. The standard InChI is InChI=1S/C32H29NO6/c1-2-17-37-26-11-6-10-24(19-26)30(34)28-29(33(32(36)31(28)35)20-27-12-7-18-38-27)23-13-15-25(16-14-23)39-21-22-8-4-3-5-9-22/h3-16,18-19,29,34H,2,17,20-21H2,1H3/b30-28-. The largest absolute Gasteiger partial charge is 0.507 e. The van der Waals surface area contributed by atoms with Gasteiger partial charge in [-0.05, 0) is 53.9 Å². The summed E-state index contributed by atoms with van der Waals surface area (Å²) in [5.74, 6) is 0.0222. The van der Waals surface area contributed by atoms with E-state index in [4.69, 9.17) is 13.9 Å². The number of likely N-dealkylation sites (tertiary alicyclic amines) is 1. The molecule has 0 aliphatic carbocycles. The number of benzene rings is 3. The van der Waals surface area contributed by atoms with Crippen molar-refractivity contribution >= 4 is 17.4 Å². The molecule has 198 valence electrons. The van der Waals surface area contributed by atoms with Gasteiger partial charge in [-0.2, -0.15) is 0 Å². The van der Waals surface area contributed by atoms with Crippen LogP contribution >= 0.6 is 0 Å². The molecule has 0 bridgehead atoms. The second kappa shape index (κ2) is 11.7. The average Bonchev–Trinajstić information content (AvgIpc) is 3.58. The Balaban J connectivity index is 1.50. The maximum atomic E-state index is 13.3. The zero-order valence-electron chi connectivity index (χ0n) is 21.6. The van der Waals surface area contributed by atoms with Crippen molar-refractivity contribution in [3.8, 4) is 11.5 Å². The first kappa shape index (κ1) is 25.9. The predicted octanol–water partition coefficient (Wildman–Crippen LogP) is 6.27. The second-order valence-corrected chi connectivity index (χ2v) is 9.23. The van der Waals surface area contributed by atoms with E-state index in [1.165, 1.54) is 11.2 Å². The number of nitrogens with zero attached hydrogens (tertiary/aromatic N) is 1. The van der Waals surface area contributed by atoms with Gasteiger partial charge < -0.3 is 23.9 Å². The van der Waals surface area contributed by atoms with Crippen LogP contribution in [0.5, 0.6) is 11.5 Å². The number of rotatable bonds is 10. The maximum absolute atomic E-state index is 13.3. The van der Waals surface area contributed by atoms with Crippen molar-refractivity contribution in [3.63, 3.8) is 0 Å². The molecule has 7 nitrogen and oxygen atoms in total. The lowest BCUT2D eigenvalue weighted by atomic mass is 9.95. The Labute approximate surface area is 226 Å². The van der Waals surface area contributed by atoms with Crippen LogP contribution in [-0.2, 0) is 22.7 Å². The number of ether oxygens (including phenoxy) is 2. The monoisotopic (exact) mass is 523 g/mol. The highest BCUT2D eigenvalue weighted by Crippen LogP contribution is 2.41. The van der Waals surface area contributed by atoms with Crippen LogP contribution in [0.15, 0.2) is 107 Å². The van der Waals surface area contributed by atoms with Crippen molar-refractivity contribution in [2.75, 3.05) is 6.61 Å². The summed E-state index contributed by atoms with van der Waals surface area (Å²) >= 11 is 0. The van der Waals surface area contributed by atoms with Gasteiger partial charge in [-0.3, -0.25) is 9.59 Å². The summed E-state index contributed by atoms with van der Waals surface area (Å²) in [5.41, 5.74) is 2.11. The second-order valence-electron chi connectivity index (χ2n) is 9.23. The third-order valence-corrected chi connectivity index (χ3v) is 6.47. The molecule has 0 saturated carbocycles. The summed E-state index contributed by atoms with van der Waals surface area (Å²) < 4.78 is 17.1. The number of furan rings is 1. The van der Waals surface area contributed by atoms with Gasteiger partial charge in [0, 0.05) is 5.56 Å². The Kier molecular flexibility index (Phi) is 7.78. The number of Topliss-reactive ketones (excluding diaryl/α,β-unsaturated/α-hetero) is 1. The molecule has 1 aromatic heterocycles. The first-order valence-electron chi connectivity index (χ1n) is 12.9. The zero-order valence-corrected chi connectivity index (χ0v) is 21.6. The van der Waals surface area contributed by atoms with Crippen LogP contribution in [-0.4, -0.2) is 28.3 Å². The first-order chi connectivity index (χ1) is 19.0. The number of aliphatic hydroxyl groups is 1. The summed E-state index contributed by atoms with van der Waals surface area (Å²) in [6.45, 7) is 3.01. The topological polar surface area (TPSA) is 89.2 Å². The molecule has 1 aliphatic rings. The molecule has 7 heteroatoms. The third-order valence-electron chi connectivity index (χ3n) is 6.47. The number of carbonyl (C=O) groups excluding carboxylic acids is 2. The number of ketones is 1. The van der Waals surface area contributed by atoms with Gasteiger partial charge in [0.15, 0.2) is 0 Å². The predicted molar refractivity (Wildman–Crippen MR) is 146 cm³/mol. The Hall–Kier alpha value is -4.78. The molecule has 2 heterocycles. The average molecular weight is 524 g/mol. The van der Waals surface area contributed by atoms with E-state index in [9.17, 15) is 14.7 Å². The minimum Gasteiger partial charge on any atom is -0.507 e. The summed E-state index contributed by atoms with van der Waals surface area (Å²) in [7, 11) is 0. The Morgan fingerprint density at radius 1 is 0.897 bits per heavy atom. The highest BCUT2D eigenvalue weighted by atomic mass is 16.5. The summed E-state index contributed by atoms with van der Waals surface area (Å²) in [5, 5.41) is 11.4. The minimum atomic E-state index is -0.821. The van der Waals surface area contributed by atoms with Crippen LogP contribution in [0.2, 0.25) is 0 Å². The number of hydrogen-bond donors (Lipinski definition) is 1. The minimum absolute atomic E-state index is 0.0113. The third kappa shape index (κ3) is 5.72. The van der Waals surface area contributed by atoms with Crippen molar-refractivity contribution < 1.29 is 28.6 Å². The number of amides is 1. The van der Waals surface area contributed by atoms with Crippen LogP contribution < -0.4 is 9.47 Å². The maximum Gasteiger partial charge on any atom is 0.296 e. The molecular formula is C32H29NO6. The van der Waals surface area contributed by atoms with Crippen molar-refractivity contribution in [1.29, 1.82) is 0 Å². The summed E-state index contributed by atoms with van der Waals surface area (Å²) in [6.07, 6.45) is 2.35. The van der Waals surface area contributed by atoms with Gasteiger partial charge in [-0.15, -0.1) is 0 Å². The highest BCUT2D eigenvalue weighted by Gasteiger charge is 2.46. The lowest BCUT2D eigenvalue weighted by Crippen LogP contribution is -2.29. The van der Waals surface area contributed by atoms with Gasteiger partial charge in [0.25, 0.3) is 11.7 Å². The molecular weight excluding hydrogens is 494 g/mol. The van der Waals surface area contributed by atoms with E-state index in [-0.39, 0.29) is 17.9 Å². The lowest BCUT2D eigenvalue weighted by molar-refractivity contribution is -0.140. The quantitative estimate of drug-likeness (QED) is 0.150. The van der Waals surface area contributed by atoms with Crippen LogP contribution in [0.4, 0.5) is 0 Å². The van der Waals surface area contributed by atoms with Crippen LogP contribution in [0.1, 0.15) is 41.8 Å². The van der Waals surface area contributed by atoms with Gasteiger partial charge in [0.1, 0.15) is 29.6 Å². The lowest BCUT2D eigenvalue weighted by Gasteiger charge is -2.24. The van der Waals surface area contributed by atoms with Crippen molar-refractivity contribution in [1.82, 2.24) is 4.90 Å². The molecule has 4 aromatic rings. The van der Waals surface area contributed by atoms with E-state index >= 15 is 0 Å². The molecule has 1 amide bonds. The van der Waals surface area contributed by atoms with Gasteiger partial charge in [-0.1, -0.05) is 61.5 Å². The normalized spacial score (nSPS) is 16.4. The molecule has 1 saturated heterocycles. The first-order valence-corrected chi connectivity index (χ1v) is 12.9. The van der Waals surface area contributed by atoms with Crippen LogP contribution in [0.3, 0.4) is 0 Å². The fraction of sp³-hybridized carbons (Fsp3) is 0.188. The molecule has 1 fully saturated rings. The van der Waals surface area contributed by atoms with Gasteiger partial charge in [0.2, 0.25) is 0 Å². The van der Waals surface area contributed by atoms with Crippen molar-refractivity contribution in [2.45, 2.75) is 32.5 Å². The fourth-order valence-electron chi connectivity index (χ4n) is 4.56. The van der Waals surface area contributed by atoms with Gasteiger partial charge in [0.05, 0.1) is 31.0 Å². The summed E-state index contributed by atoms with van der Waals surface area (Å²) in [4.78, 5) is 28.0. The van der Waals surface area contributed by atoms with Crippen LogP contribution in [0.25, 0.3) is 5.76 Å². The molecule has 1 atom stereocenters. The van der Waals surface area contributed by atoms with E-state index in [1.807, 2.05) is 37.3 Å². The van der Waals surface area contributed by atoms with E-state index < -0.39 is 17.7 Å². The highest BCUT2D eigenvalue weighted by molar-refractivity contribution is 6.46. The molecule has 0 radical (unpaired) electrons. The molecule has 1 aliphatic heterocycles. The molecule has 1 unspecified atom stereocenters. The SMILES string of the molecule is CCCOc1cccc(/C(O)=C2/C(=O)C(=O)N(Cc3ccco3)C2c2ccc(OCc3ccccc3)cc2)c1. The van der Waals surface area contributed by atoms with Crippen LogP contribution in [0, 0.1) is 0 Å². The molecule has 39 heavy (non-hydrogen) atoms. The summed E-state index contributed by atoms with van der Waals surface area (Å²) in [6, 6.07) is 26.6. The Bertz CT molecular complexity index is 1460. The van der Waals surface area contributed by atoms with Crippen molar-refractivity contribution in [3.05, 3.63) is 125 Å². The van der Waals surface area contributed by atoms with E-state index in [0.717, 1.165) is 12.0 Å². The number of carbonyl (C=O) groups is 2. The number of aliphatic hydroxyl groups excluding tert-OH is 1. The molecule has 3 aromatic carbocycles. The Morgan fingerprint density at radius 2 is 1.69 bits per heavy atom. The molecule has 5 rings (SSSR count). The number of hydrogen-bond acceptors (Lipinski definition) is 6. The van der Waals surface area contributed by atoms with Gasteiger partial charge in [-0.25, -0.2) is 0 Å². The van der Waals surface area contributed by atoms with E-state index in [2.05, 4.69) is 0 Å².